The lowest BCUT2D eigenvalue weighted by molar-refractivity contribution is 0.238. The topological polar surface area (TPSA) is 26.0 Å². The number of hydrogen-bond acceptors (Lipinski definition) is 1. The lowest BCUT2D eigenvalue weighted by Crippen LogP contribution is -2.30. The second-order valence-electron chi connectivity index (χ2n) is 6.13. The molecular formula is C14H27N. The van der Waals surface area contributed by atoms with Gasteiger partial charge in [0.2, 0.25) is 0 Å². The minimum Gasteiger partial charge on any atom is -0.324 e. The molecule has 1 nitrogen and oxygen atoms in total. The van der Waals surface area contributed by atoms with Gasteiger partial charge in [0.05, 0.1) is 0 Å². The van der Waals surface area contributed by atoms with E-state index in [4.69, 9.17) is 5.73 Å². The van der Waals surface area contributed by atoms with E-state index in [0.29, 0.717) is 17.4 Å². The second-order valence-corrected chi connectivity index (χ2v) is 6.13. The molecule has 0 bridgehead atoms. The lowest BCUT2D eigenvalue weighted by Gasteiger charge is -2.31. The molecule has 1 aliphatic rings. The van der Waals surface area contributed by atoms with Crippen LogP contribution in [0, 0.1) is 11.3 Å². The highest BCUT2D eigenvalue weighted by Crippen LogP contribution is 2.31. The van der Waals surface area contributed by atoms with E-state index in [0.717, 1.165) is 6.42 Å². The highest BCUT2D eigenvalue weighted by molar-refractivity contribution is 5.12. The van der Waals surface area contributed by atoms with Gasteiger partial charge in [-0.2, -0.15) is 0 Å². The fourth-order valence-corrected chi connectivity index (χ4v) is 2.09. The molecule has 0 aromatic rings. The highest BCUT2D eigenvalue weighted by atomic mass is 14.6. The summed E-state index contributed by atoms with van der Waals surface area (Å²) in [5.74, 6) is 0.690. The Morgan fingerprint density at radius 3 is 2.47 bits per heavy atom. The van der Waals surface area contributed by atoms with Gasteiger partial charge < -0.3 is 5.73 Å². The molecule has 0 saturated carbocycles. The number of nitrogens with two attached hydrogens (primary N) is 1. The third kappa shape index (κ3) is 3.98. The quantitative estimate of drug-likeness (QED) is 0.701. The van der Waals surface area contributed by atoms with Crippen molar-refractivity contribution < 1.29 is 0 Å². The molecule has 1 heteroatoms. The molecule has 2 atom stereocenters. The zero-order chi connectivity index (χ0) is 11.5. The summed E-state index contributed by atoms with van der Waals surface area (Å²) >= 11 is 0. The second kappa shape index (κ2) is 5.16. The average molecular weight is 209 g/mol. The van der Waals surface area contributed by atoms with Crippen LogP contribution in [0.1, 0.15) is 59.8 Å². The summed E-state index contributed by atoms with van der Waals surface area (Å²) in [5, 5.41) is 0. The molecule has 88 valence electrons. The van der Waals surface area contributed by atoms with E-state index in [1.54, 1.807) is 0 Å². The zero-order valence-corrected chi connectivity index (χ0v) is 10.8. The maximum absolute atomic E-state index is 6.28. The van der Waals surface area contributed by atoms with E-state index < -0.39 is 0 Å². The van der Waals surface area contributed by atoms with Gasteiger partial charge in [0.25, 0.3) is 0 Å². The van der Waals surface area contributed by atoms with Crippen molar-refractivity contribution in [1.82, 2.24) is 0 Å². The largest absolute Gasteiger partial charge is 0.324 e. The van der Waals surface area contributed by atoms with Gasteiger partial charge in [-0.05, 0) is 43.4 Å². The molecule has 1 rings (SSSR count). The molecule has 15 heavy (non-hydrogen) atoms. The van der Waals surface area contributed by atoms with E-state index in [9.17, 15) is 0 Å². The van der Waals surface area contributed by atoms with Crippen molar-refractivity contribution in [3.8, 4) is 0 Å². The van der Waals surface area contributed by atoms with E-state index in [-0.39, 0.29) is 0 Å². The monoisotopic (exact) mass is 209 g/mol. The smallest absolute Gasteiger partial charge is 0.0256 e. The summed E-state index contributed by atoms with van der Waals surface area (Å²) in [6.45, 7) is 9.24. The third-order valence-electron chi connectivity index (χ3n) is 3.89. The van der Waals surface area contributed by atoms with Gasteiger partial charge in [-0.15, -0.1) is 0 Å². The van der Waals surface area contributed by atoms with E-state index >= 15 is 0 Å². The van der Waals surface area contributed by atoms with Crippen LogP contribution in [0.2, 0.25) is 0 Å². The van der Waals surface area contributed by atoms with Gasteiger partial charge in [0, 0.05) is 6.04 Å². The molecule has 0 fully saturated rings. The van der Waals surface area contributed by atoms with Crippen molar-refractivity contribution in [3.63, 3.8) is 0 Å². The Kier molecular flexibility index (Phi) is 4.39. The summed E-state index contributed by atoms with van der Waals surface area (Å²) in [4.78, 5) is 0. The van der Waals surface area contributed by atoms with Gasteiger partial charge in [0.15, 0.2) is 0 Å². The van der Waals surface area contributed by atoms with Crippen LogP contribution in [0.3, 0.4) is 0 Å². The van der Waals surface area contributed by atoms with Gasteiger partial charge in [-0.1, -0.05) is 39.3 Å². The SMILES string of the molecule is CC(CC(N)C1=CCCCC1)C(C)(C)C. The van der Waals surface area contributed by atoms with Crippen LogP contribution in [0.5, 0.6) is 0 Å². The van der Waals surface area contributed by atoms with Crippen molar-refractivity contribution in [2.75, 3.05) is 0 Å². The molecule has 0 aromatic carbocycles. The van der Waals surface area contributed by atoms with Gasteiger partial charge >= 0.3 is 0 Å². The summed E-state index contributed by atoms with van der Waals surface area (Å²) in [5.41, 5.74) is 8.17. The predicted octanol–water partition coefficient (Wildman–Crippen LogP) is 3.89. The zero-order valence-electron chi connectivity index (χ0n) is 10.8. The first-order chi connectivity index (χ1) is 6.91. The Morgan fingerprint density at radius 1 is 1.33 bits per heavy atom. The third-order valence-corrected chi connectivity index (χ3v) is 3.89. The summed E-state index contributed by atoms with van der Waals surface area (Å²) < 4.78 is 0. The highest BCUT2D eigenvalue weighted by Gasteiger charge is 2.23. The predicted molar refractivity (Wildman–Crippen MR) is 67.8 cm³/mol. The van der Waals surface area contributed by atoms with Crippen molar-refractivity contribution in [3.05, 3.63) is 11.6 Å². The standard InChI is InChI=1S/C14H27N/c1-11(14(2,3)4)10-13(15)12-8-6-5-7-9-12/h8,11,13H,5-7,9-10,15H2,1-4H3. The van der Waals surface area contributed by atoms with Crippen LogP contribution in [0.15, 0.2) is 11.6 Å². The van der Waals surface area contributed by atoms with Crippen molar-refractivity contribution in [1.29, 1.82) is 0 Å². The molecule has 0 saturated heterocycles. The van der Waals surface area contributed by atoms with Crippen LogP contribution in [-0.2, 0) is 0 Å². The van der Waals surface area contributed by atoms with Crippen LogP contribution < -0.4 is 5.73 Å². The minimum absolute atomic E-state index is 0.305. The Bertz CT molecular complexity index is 222. The summed E-state index contributed by atoms with van der Waals surface area (Å²) in [7, 11) is 0. The molecule has 0 radical (unpaired) electrons. The van der Waals surface area contributed by atoms with Crippen molar-refractivity contribution in [2.45, 2.75) is 65.8 Å². The van der Waals surface area contributed by atoms with Gasteiger partial charge in [-0.3, -0.25) is 0 Å². The van der Waals surface area contributed by atoms with E-state index in [1.807, 2.05) is 0 Å². The van der Waals surface area contributed by atoms with Crippen LogP contribution in [0.25, 0.3) is 0 Å². The lowest BCUT2D eigenvalue weighted by atomic mass is 9.77. The maximum atomic E-state index is 6.28. The molecule has 2 unspecified atom stereocenters. The van der Waals surface area contributed by atoms with Crippen LogP contribution >= 0.6 is 0 Å². The van der Waals surface area contributed by atoms with Crippen LogP contribution in [0.4, 0.5) is 0 Å². The molecule has 0 spiro atoms. The molecule has 0 heterocycles. The summed E-state index contributed by atoms with van der Waals surface area (Å²) in [6, 6.07) is 0.305. The first-order valence-corrected chi connectivity index (χ1v) is 6.36. The van der Waals surface area contributed by atoms with Crippen molar-refractivity contribution in [2.24, 2.45) is 17.1 Å². The molecule has 1 aliphatic carbocycles. The van der Waals surface area contributed by atoms with E-state index in [1.165, 1.54) is 31.3 Å². The normalized spacial score (nSPS) is 22.1. The first-order valence-electron chi connectivity index (χ1n) is 6.36. The molecule has 2 N–H and O–H groups in total. The fourth-order valence-electron chi connectivity index (χ4n) is 2.09. The Balaban J connectivity index is 2.47. The molecule has 0 aliphatic heterocycles. The first kappa shape index (κ1) is 12.8. The van der Waals surface area contributed by atoms with Gasteiger partial charge in [-0.25, -0.2) is 0 Å². The Labute approximate surface area is 95.1 Å². The Morgan fingerprint density at radius 2 is 2.00 bits per heavy atom. The number of hydrogen-bond donors (Lipinski definition) is 1. The average Bonchev–Trinajstić information content (AvgIpc) is 2.17. The fraction of sp³-hybridized carbons (Fsp3) is 0.857. The maximum Gasteiger partial charge on any atom is 0.0256 e. The number of rotatable bonds is 3. The molecule has 0 aromatic heterocycles. The van der Waals surface area contributed by atoms with E-state index in [2.05, 4.69) is 33.8 Å². The Hall–Kier alpha value is -0.300. The van der Waals surface area contributed by atoms with Crippen LogP contribution in [-0.4, -0.2) is 6.04 Å². The summed E-state index contributed by atoms with van der Waals surface area (Å²) in [6.07, 6.45) is 8.68. The molecular weight excluding hydrogens is 182 g/mol. The number of allylic oxidation sites excluding steroid dienone is 1. The van der Waals surface area contributed by atoms with Gasteiger partial charge in [0.1, 0.15) is 0 Å². The molecule has 0 amide bonds. The van der Waals surface area contributed by atoms with Crippen molar-refractivity contribution >= 4 is 0 Å². The minimum atomic E-state index is 0.305.